The maximum Gasteiger partial charge on any atom is 0.171 e. The highest BCUT2D eigenvalue weighted by atomic mass is 16.7. The van der Waals surface area contributed by atoms with Gasteiger partial charge in [0.2, 0.25) is 0 Å². The number of benzene rings is 2. The van der Waals surface area contributed by atoms with E-state index in [1.54, 1.807) is 0 Å². The third kappa shape index (κ3) is 2.81. The van der Waals surface area contributed by atoms with Gasteiger partial charge >= 0.3 is 0 Å². The predicted molar refractivity (Wildman–Crippen MR) is 120 cm³/mol. The molecular formula is C27H28N2O2. The van der Waals surface area contributed by atoms with E-state index in [4.69, 9.17) is 19.4 Å². The summed E-state index contributed by atoms with van der Waals surface area (Å²) in [6.45, 7) is 3.73. The van der Waals surface area contributed by atoms with Crippen molar-refractivity contribution >= 4 is 0 Å². The Balaban J connectivity index is 1.54. The summed E-state index contributed by atoms with van der Waals surface area (Å²) in [6.07, 6.45) is 6.05. The Labute approximate surface area is 183 Å². The van der Waals surface area contributed by atoms with Gasteiger partial charge in [0.1, 0.15) is 0 Å². The first-order valence-corrected chi connectivity index (χ1v) is 11.5. The molecule has 3 aliphatic rings. The van der Waals surface area contributed by atoms with Crippen molar-refractivity contribution < 1.29 is 9.47 Å². The molecule has 0 unspecified atom stereocenters. The van der Waals surface area contributed by atoms with E-state index in [-0.39, 0.29) is 5.41 Å². The monoisotopic (exact) mass is 412 g/mol. The molecular weight excluding hydrogens is 384 g/mol. The second kappa shape index (κ2) is 7.25. The van der Waals surface area contributed by atoms with E-state index in [2.05, 4.69) is 67.7 Å². The molecule has 1 aromatic heterocycles. The van der Waals surface area contributed by atoms with E-state index in [1.165, 1.54) is 16.8 Å². The van der Waals surface area contributed by atoms with Crippen LogP contribution in [0.5, 0.6) is 0 Å². The maximum absolute atomic E-state index is 6.25. The summed E-state index contributed by atoms with van der Waals surface area (Å²) in [4.78, 5) is 10.0. The van der Waals surface area contributed by atoms with Crippen molar-refractivity contribution in [1.82, 2.24) is 9.97 Å². The van der Waals surface area contributed by atoms with Crippen LogP contribution in [0.4, 0.5) is 0 Å². The summed E-state index contributed by atoms with van der Waals surface area (Å²) < 4.78 is 12.5. The molecule has 31 heavy (non-hydrogen) atoms. The standard InChI is InChI=1S/C27H28N2O2/c1-19-23-13-12-21-18-28-25(20-8-4-2-5-9-20)29-24(21)26(23,22-10-6-3-7-11-22)14-15-27(19)30-16-17-31-27/h2-11,18-19,23H,12-17H2,1H3/t19-,23-,26+/m0/s1. The molecule has 0 bridgehead atoms. The molecule has 1 spiro atoms. The molecule has 2 fully saturated rings. The number of rotatable bonds is 2. The van der Waals surface area contributed by atoms with Crippen LogP contribution in [0.2, 0.25) is 0 Å². The lowest BCUT2D eigenvalue weighted by Gasteiger charge is -2.55. The minimum atomic E-state index is -0.435. The molecule has 2 aromatic carbocycles. The van der Waals surface area contributed by atoms with Crippen LogP contribution in [0, 0.1) is 11.8 Å². The maximum atomic E-state index is 6.25. The van der Waals surface area contributed by atoms with Crippen LogP contribution in [0.1, 0.15) is 43.0 Å². The minimum Gasteiger partial charge on any atom is -0.347 e. The zero-order chi connectivity index (χ0) is 20.9. The topological polar surface area (TPSA) is 44.2 Å². The first kappa shape index (κ1) is 19.1. The van der Waals surface area contributed by atoms with Crippen LogP contribution < -0.4 is 0 Å². The minimum absolute atomic E-state index is 0.138. The number of ether oxygens (including phenoxy) is 2. The number of hydrogen-bond donors (Lipinski definition) is 0. The fourth-order valence-electron chi connectivity index (χ4n) is 6.43. The van der Waals surface area contributed by atoms with E-state index in [9.17, 15) is 0 Å². The summed E-state index contributed by atoms with van der Waals surface area (Å²) >= 11 is 0. The Morgan fingerprint density at radius 1 is 0.903 bits per heavy atom. The average molecular weight is 413 g/mol. The molecule has 1 aliphatic heterocycles. The fourth-order valence-corrected chi connectivity index (χ4v) is 6.43. The molecule has 1 saturated heterocycles. The number of hydrogen-bond acceptors (Lipinski definition) is 4. The normalized spacial score (nSPS) is 28.8. The summed E-state index contributed by atoms with van der Waals surface area (Å²) in [5.74, 6) is 1.09. The third-order valence-corrected chi connectivity index (χ3v) is 7.91. The number of aromatic nitrogens is 2. The Kier molecular flexibility index (Phi) is 4.48. The van der Waals surface area contributed by atoms with Crippen LogP contribution in [0.25, 0.3) is 11.4 Å². The number of nitrogens with zero attached hydrogens (tertiary/aromatic N) is 2. The molecule has 2 aliphatic carbocycles. The SMILES string of the molecule is C[C@H]1[C@@H]2CCc3cnc(-c4ccccc4)nc3[C@@]2(c2ccccc2)CCC12OCCO2. The van der Waals surface area contributed by atoms with Gasteiger partial charge in [-0.2, -0.15) is 0 Å². The highest BCUT2D eigenvalue weighted by Crippen LogP contribution is 2.59. The largest absolute Gasteiger partial charge is 0.347 e. The highest BCUT2D eigenvalue weighted by molar-refractivity contribution is 5.56. The van der Waals surface area contributed by atoms with Crippen molar-refractivity contribution in [3.05, 3.63) is 83.7 Å². The molecule has 1 saturated carbocycles. The van der Waals surface area contributed by atoms with Gasteiger partial charge in [-0.3, -0.25) is 0 Å². The molecule has 4 heteroatoms. The van der Waals surface area contributed by atoms with Crippen LogP contribution in [0.3, 0.4) is 0 Å². The van der Waals surface area contributed by atoms with Crippen molar-refractivity contribution in [2.45, 2.75) is 43.8 Å². The van der Waals surface area contributed by atoms with Crippen molar-refractivity contribution in [3.63, 3.8) is 0 Å². The van der Waals surface area contributed by atoms with Gasteiger partial charge in [-0.15, -0.1) is 0 Å². The van der Waals surface area contributed by atoms with Gasteiger partial charge in [0.05, 0.1) is 18.9 Å². The van der Waals surface area contributed by atoms with E-state index in [0.717, 1.165) is 37.1 Å². The Morgan fingerprint density at radius 2 is 1.61 bits per heavy atom. The molecule has 2 heterocycles. The molecule has 0 amide bonds. The first-order valence-electron chi connectivity index (χ1n) is 11.5. The first-order chi connectivity index (χ1) is 15.2. The fraction of sp³-hybridized carbons (Fsp3) is 0.407. The van der Waals surface area contributed by atoms with Gasteiger partial charge in [0.15, 0.2) is 11.6 Å². The second-order valence-electron chi connectivity index (χ2n) is 9.21. The van der Waals surface area contributed by atoms with Crippen molar-refractivity contribution in [2.75, 3.05) is 13.2 Å². The van der Waals surface area contributed by atoms with Gasteiger partial charge in [-0.05, 0) is 36.3 Å². The second-order valence-corrected chi connectivity index (χ2v) is 9.21. The van der Waals surface area contributed by atoms with E-state index in [1.807, 2.05) is 6.07 Å². The van der Waals surface area contributed by atoms with Gasteiger partial charge in [0, 0.05) is 29.5 Å². The van der Waals surface area contributed by atoms with Crippen LogP contribution in [-0.2, 0) is 21.3 Å². The van der Waals surface area contributed by atoms with Crippen LogP contribution in [0.15, 0.2) is 66.9 Å². The van der Waals surface area contributed by atoms with Crippen molar-refractivity contribution in [1.29, 1.82) is 0 Å². The van der Waals surface area contributed by atoms with E-state index < -0.39 is 5.79 Å². The molecule has 0 N–H and O–H groups in total. The molecule has 4 nitrogen and oxygen atoms in total. The highest BCUT2D eigenvalue weighted by Gasteiger charge is 2.60. The lowest BCUT2D eigenvalue weighted by molar-refractivity contribution is -0.232. The van der Waals surface area contributed by atoms with Gasteiger partial charge in [-0.25, -0.2) is 9.97 Å². The Hall–Kier alpha value is -2.56. The predicted octanol–water partition coefficient (Wildman–Crippen LogP) is 5.17. The summed E-state index contributed by atoms with van der Waals surface area (Å²) in [6, 6.07) is 21.3. The lowest BCUT2D eigenvalue weighted by Crippen LogP contribution is -2.57. The third-order valence-electron chi connectivity index (χ3n) is 7.91. The quantitative estimate of drug-likeness (QED) is 0.583. The van der Waals surface area contributed by atoms with Crippen LogP contribution in [-0.4, -0.2) is 29.0 Å². The Morgan fingerprint density at radius 3 is 2.35 bits per heavy atom. The number of fused-ring (bicyclic) bond motifs is 3. The lowest BCUT2D eigenvalue weighted by atomic mass is 9.52. The Bertz CT molecular complexity index is 1080. The van der Waals surface area contributed by atoms with E-state index >= 15 is 0 Å². The zero-order valence-electron chi connectivity index (χ0n) is 18.0. The number of aryl methyl sites for hydroxylation is 1. The molecule has 3 aromatic rings. The summed E-state index contributed by atoms with van der Waals surface area (Å²) in [5.41, 5.74) is 4.79. The summed E-state index contributed by atoms with van der Waals surface area (Å²) in [5, 5.41) is 0. The summed E-state index contributed by atoms with van der Waals surface area (Å²) in [7, 11) is 0. The van der Waals surface area contributed by atoms with Crippen molar-refractivity contribution in [3.8, 4) is 11.4 Å². The van der Waals surface area contributed by atoms with Crippen molar-refractivity contribution in [2.24, 2.45) is 11.8 Å². The molecule has 0 radical (unpaired) electrons. The molecule has 3 atom stereocenters. The van der Waals surface area contributed by atoms with Crippen LogP contribution >= 0.6 is 0 Å². The molecule has 158 valence electrons. The zero-order valence-corrected chi connectivity index (χ0v) is 18.0. The average Bonchev–Trinajstić information content (AvgIpc) is 3.32. The van der Waals surface area contributed by atoms with Gasteiger partial charge in [-0.1, -0.05) is 67.6 Å². The van der Waals surface area contributed by atoms with E-state index in [0.29, 0.717) is 25.0 Å². The van der Waals surface area contributed by atoms with Gasteiger partial charge in [0.25, 0.3) is 0 Å². The smallest absolute Gasteiger partial charge is 0.171 e. The van der Waals surface area contributed by atoms with Gasteiger partial charge < -0.3 is 9.47 Å². The molecule has 6 rings (SSSR count).